The lowest BCUT2D eigenvalue weighted by Crippen LogP contribution is -2.23. The van der Waals surface area contributed by atoms with Gasteiger partial charge in [-0.1, -0.05) is 25.5 Å². The van der Waals surface area contributed by atoms with Crippen LogP contribution in [0.4, 0.5) is 0 Å². The zero-order chi connectivity index (χ0) is 16.6. The molecule has 0 aliphatic rings. The van der Waals surface area contributed by atoms with Gasteiger partial charge in [0.15, 0.2) is 0 Å². The summed E-state index contributed by atoms with van der Waals surface area (Å²) in [5, 5.41) is 17.3. The fraction of sp³-hybridized carbons (Fsp3) is 0.750. The Hall–Kier alpha value is -1.40. The third-order valence-corrected chi connectivity index (χ3v) is 2.98. The molecule has 2 N–H and O–H groups in total. The van der Waals surface area contributed by atoms with Gasteiger partial charge in [-0.25, -0.2) is 0 Å². The highest BCUT2D eigenvalue weighted by molar-refractivity contribution is 5.79. The molecule has 6 nitrogen and oxygen atoms in total. The SMILES string of the molecule is CCC/C=C/CCCC(CC(=O)OCCO)C(=O)OCCO. The van der Waals surface area contributed by atoms with Crippen LogP contribution in [-0.4, -0.2) is 48.6 Å². The van der Waals surface area contributed by atoms with Crippen molar-refractivity contribution in [2.24, 2.45) is 5.92 Å². The Morgan fingerprint density at radius 1 is 1.05 bits per heavy atom. The van der Waals surface area contributed by atoms with E-state index in [-0.39, 0.29) is 32.8 Å². The van der Waals surface area contributed by atoms with E-state index in [1.54, 1.807) is 0 Å². The van der Waals surface area contributed by atoms with Crippen LogP contribution >= 0.6 is 0 Å². The molecule has 0 aliphatic heterocycles. The second kappa shape index (κ2) is 14.5. The number of ether oxygens (including phenoxy) is 2. The number of allylic oxidation sites excluding steroid dienone is 2. The van der Waals surface area contributed by atoms with Crippen LogP contribution in [0.5, 0.6) is 0 Å². The standard InChI is InChI=1S/C16H28O6/c1-2-3-4-5-6-7-8-14(16(20)22-12-10-18)13-15(19)21-11-9-17/h4-5,14,17-18H,2-3,6-13H2,1H3/b5-4+. The number of carbonyl (C=O) groups excluding carboxylic acids is 2. The first-order chi connectivity index (χ1) is 10.7. The van der Waals surface area contributed by atoms with Crippen molar-refractivity contribution in [3.05, 3.63) is 12.2 Å². The molecular formula is C16H28O6. The molecule has 0 saturated heterocycles. The van der Waals surface area contributed by atoms with Crippen LogP contribution in [0, 0.1) is 5.92 Å². The topological polar surface area (TPSA) is 93.1 Å². The number of hydrogen-bond donors (Lipinski definition) is 2. The molecule has 0 aromatic carbocycles. The summed E-state index contributed by atoms with van der Waals surface area (Å²) in [4.78, 5) is 23.4. The first-order valence-corrected chi connectivity index (χ1v) is 7.84. The van der Waals surface area contributed by atoms with Crippen LogP contribution in [0.25, 0.3) is 0 Å². The van der Waals surface area contributed by atoms with Gasteiger partial charge < -0.3 is 19.7 Å². The molecule has 0 spiro atoms. The molecule has 1 atom stereocenters. The van der Waals surface area contributed by atoms with Crippen LogP contribution in [0.1, 0.15) is 45.4 Å². The summed E-state index contributed by atoms with van der Waals surface area (Å²) in [5.41, 5.74) is 0. The van der Waals surface area contributed by atoms with E-state index in [4.69, 9.17) is 19.7 Å². The third-order valence-electron chi connectivity index (χ3n) is 2.98. The average molecular weight is 316 g/mol. The van der Waals surface area contributed by atoms with Crippen LogP contribution in [-0.2, 0) is 19.1 Å². The Balaban J connectivity index is 4.26. The van der Waals surface area contributed by atoms with E-state index < -0.39 is 17.9 Å². The first-order valence-electron chi connectivity index (χ1n) is 7.84. The summed E-state index contributed by atoms with van der Waals surface area (Å²) >= 11 is 0. The summed E-state index contributed by atoms with van der Waals surface area (Å²) in [5.74, 6) is -1.59. The summed E-state index contributed by atoms with van der Waals surface area (Å²) < 4.78 is 9.67. The van der Waals surface area contributed by atoms with Gasteiger partial charge in [-0.05, 0) is 25.7 Å². The van der Waals surface area contributed by atoms with Gasteiger partial charge in [0.25, 0.3) is 0 Å². The largest absolute Gasteiger partial charge is 0.463 e. The van der Waals surface area contributed by atoms with Gasteiger partial charge in [0.05, 0.1) is 25.6 Å². The van der Waals surface area contributed by atoms with Crippen LogP contribution in [0.15, 0.2) is 12.2 Å². The van der Waals surface area contributed by atoms with Crippen molar-refractivity contribution >= 4 is 11.9 Å². The maximum atomic E-state index is 11.9. The number of aliphatic hydroxyl groups excluding tert-OH is 2. The first kappa shape index (κ1) is 20.6. The van der Waals surface area contributed by atoms with E-state index in [9.17, 15) is 9.59 Å². The number of esters is 2. The molecule has 0 aliphatic carbocycles. The molecule has 0 radical (unpaired) electrons. The Morgan fingerprint density at radius 2 is 1.68 bits per heavy atom. The second-order valence-corrected chi connectivity index (χ2v) is 4.93. The molecule has 6 heteroatoms. The molecule has 1 unspecified atom stereocenters. The number of unbranched alkanes of at least 4 members (excludes halogenated alkanes) is 2. The number of hydrogen-bond acceptors (Lipinski definition) is 6. The van der Waals surface area contributed by atoms with Crippen LogP contribution < -0.4 is 0 Å². The van der Waals surface area contributed by atoms with Crippen LogP contribution in [0.2, 0.25) is 0 Å². The smallest absolute Gasteiger partial charge is 0.309 e. The molecule has 0 amide bonds. The zero-order valence-corrected chi connectivity index (χ0v) is 13.3. The van der Waals surface area contributed by atoms with Gasteiger partial charge in [-0.3, -0.25) is 9.59 Å². The molecule has 0 bridgehead atoms. The van der Waals surface area contributed by atoms with Gasteiger partial charge >= 0.3 is 11.9 Å². The van der Waals surface area contributed by atoms with E-state index in [0.29, 0.717) is 6.42 Å². The fourth-order valence-corrected chi connectivity index (χ4v) is 1.87. The lowest BCUT2D eigenvalue weighted by Gasteiger charge is -2.14. The van der Waals surface area contributed by atoms with Gasteiger partial charge in [0, 0.05) is 0 Å². The summed E-state index contributed by atoms with van der Waals surface area (Å²) in [7, 11) is 0. The Morgan fingerprint density at radius 3 is 2.32 bits per heavy atom. The second-order valence-electron chi connectivity index (χ2n) is 4.93. The van der Waals surface area contributed by atoms with E-state index in [1.165, 1.54) is 0 Å². The highest BCUT2D eigenvalue weighted by atomic mass is 16.5. The maximum Gasteiger partial charge on any atom is 0.309 e. The maximum absolute atomic E-state index is 11.9. The molecule has 0 aromatic heterocycles. The third kappa shape index (κ3) is 11.3. The van der Waals surface area contributed by atoms with E-state index in [0.717, 1.165) is 25.7 Å². The molecular weight excluding hydrogens is 288 g/mol. The summed E-state index contributed by atoms with van der Waals surface area (Å²) in [6.45, 7) is 1.48. The molecule has 22 heavy (non-hydrogen) atoms. The van der Waals surface area contributed by atoms with Crippen molar-refractivity contribution in [1.29, 1.82) is 0 Å². The Kier molecular flexibility index (Phi) is 13.6. The number of carbonyl (C=O) groups is 2. The van der Waals surface area contributed by atoms with Crippen molar-refractivity contribution in [2.45, 2.75) is 45.4 Å². The predicted octanol–water partition coefficient (Wildman–Crippen LogP) is 1.59. The minimum Gasteiger partial charge on any atom is -0.463 e. The molecule has 0 saturated carbocycles. The monoisotopic (exact) mass is 316 g/mol. The molecule has 0 aromatic rings. The van der Waals surface area contributed by atoms with E-state index in [1.807, 2.05) is 0 Å². The normalized spacial score (nSPS) is 12.3. The van der Waals surface area contributed by atoms with E-state index in [2.05, 4.69) is 19.1 Å². The lowest BCUT2D eigenvalue weighted by molar-refractivity contribution is -0.156. The van der Waals surface area contributed by atoms with Crippen molar-refractivity contribution in [2.75, 3.05) is 26.4 Å². The minimum atomic E-state index is -0.572. The summed E-state index contributed by atoms with van der Waals surface area (Å²) in [6.07, 6.45) is 8.39. The fourth-order valence-electron chi connectivity index (χ4n) is 1.87. The van der Waals surface area contributed by atoms with Crippen LogP contribution in [0.3, 0.4) is 0 Å². The quantitative estimate of drug-likeness (QED) is 0.304. The van der Waals surface area contributed by atoms with Crippen molar-refractivity contribution < 1.29 is 29.3 Å². The highest BCUT2D eigenvalue weighted by Gasteiger charge is 2.23. The Labute approximate surface area is 132 Å². The van der Waals surface area contributed by atoms with Crippen molar-refractivity contribution in [3.8, 4) is 0 Å². The minimum absolute atomic E-state index is 0.0665. The number of aliphatic hydroxyl groups is 2. The van der Waals surface area contributed by atoms with Crippen molar-refractivity contribution in [1.82, 2.24) is 0 Å². The average Bonchev–Trinajstić information content (AvgIpc) is 2.52. The molecule has 0 fully saturated rings. The van der Waals surface area contributed by atoms with Gasteiger partial charge in [-0.15, -0.1) is 0 Å². The predicted molar refractivity (Wildman–Crippen MR) is 82.1 cm³/mol. The zero-order valence-electron chi connectivity index (χ0n) is 13.3. The molecule has 128 valence electrons. The highest BCUT2D eigenvalue weighted by Crippen LogP contribution is 2.16. The lowest BCUT2D eigenvalue weighted by atomic mass is 9.98. The summed E-state index contributed by atoms with van der Waals surface area (Å²) in [6, 6.07) is 0. The van der Waals surface area contributed by atoms with E-state index >= 15 is 0 Å². The molecule has 0 rings (SSSR count). The Bertz CT molecular complexity index is 327. The molecule has 0 heterocycles. The number of rotatable bonds is 13. The van der Waals surface area contributed by atoms with Gasteiger partial charge in [-0.2, -0.15) is 0 Å². The van der Waals surface area contributed by atoms with Gasteiger partial charge in [0.1, 0.15) is 13.2 Å². The van der Waals surface area contributed by atoms with Crippen molar-refractivity contribution in [3.63, 3.8) is 0 Å². The van der Waals surface area contributed by atoms with Gasteiger partial charge in [0.2, 0.25) is 0 Å².